The Morgan fingerprint density at radius 2 is 1.87 bits per heavy atom. The number of hydrogen-bond donors (Lipinski definition) is 2. The van der Waals surface area contributed by atoms with Crippen LogP contribution in [0.5, 0.6) is 0 Å². The highest BCUT2D eigenvalue weighted by atomic mass is 32.2. The van der Waals surface area contributed by atoms with E-state index < -0.39 is 21.8 Å². The van der Waals surface area contributed by atoms with E-state index in [1.807, 2.05) is 4.90 Å². The van der Waals surface area contributed by atoms with E-state index in [1.54, 1.807) is 0 Å². The van der Waals surface area contributed by atoms with Crippen LogP contribution in [0.1, 0.15) is 28.8 Å². The zero-order valence-corrected chi connectivity index (χ0v) is 16.9. The Balaban J connectivity index is 1.58. The van der Waals surface area contributed by atoms with Crippen molar-refractivity contribution in [1.29, 1.82) is 0 Å². The van der Waals surface area contributed by atoms with Crippen molar-refractivity contribution in [3.8, 4) is 0 Å². The molecule has 1 aromatic carbocycles. The van der Waals surface area contributed by atoms with E-state index in [0.717, 1.165) is 12.3 Å². The number of hydrogen-bond acceptors (Lipinski definition) is 5. The van der Waals surface area contributed by atoms with Crippen molar-refractivity contribution in [2.45, 2.75) is 30.0 Å². The van der Waals surface area contributed by atoms with E-state index in [9.17, 15) is 26.4 Å². The number of carbonyl (C=O) groups is 1. The fourth-order valence-electron chi connectivity index (χ4n) is 3.18. The summed E-state index contributed by atoms with van der Waals surface area (Å²) in [5.41, 5.74) is -0.561. The molecule has 0 radical (unpaired) electrons. The number of halogens is 3. The molecule has 2 aromatic rings. The summed E-state index contributed by atoms with van der Waals surface area (Å²) in [6, 6.07) is 7.95. The zero-order chi connectivity index (χ0) is 21.9. The summed E-state index contributed by atoms with van der Waals surface area (Å²) in [7, 11) is -2.36. The van der Waals surface area contributed by atoms with Crippen molar-refractivity contribution in [2.75, 3.05) is 25.0 Å². The molecule has 2 heterocycles. The molecule has 1 saturated heterocycles. The molecule has 0 saturated carbocycles. The Bertz CT molecular complexity index is 1000. The molecule has 1 aliphatic heterocycles. The minimum Gasteiger partial charge on any atom is -0.356 e. The molecule has 0 spiro atoms. The summed E-state index contributed by atoms with van der Waals surface area (Å²) in [5, 5.41) is 2.88. The average Bonchev–Trinajstić information content (AvgIpc) is 2.74. The fraction of sp³-hybridized carbons (Fsp3) is 0.368. The van der Waals surface area contributed by atoms with Gasteiger partial charge in [-0.2, -0.15) is 13.2 Å². The average molecular weight is 442 g/mol. The number of aromatic nitrogens is 1. The first-order chi connectivity index (χ1) is 14.1. The maximum absolute atomic E-state index is 12.7. The van der Waals surface area contributed by atoms with Gasteiger partial charge in [0, 0.05) is 30.9 Å². The summed E-state index contributed by atoms with van der Waals surface area (Å²) in [4.78, 5) is 18.3. The quantitative estimate of drug-likeness (QED) is 0.742. The molecule has 162 valence electrons. The lowest BCUT2D eigenvalue weighted by molar-refractivity contribution is -0.137. The molecule has 3 rings (SSSR count). The minimum absolute atomic E-state index is 0.000785. The van der Waals surface area contributed by atoms with Crippen LogP contribution in [0.15, 0.2) is 47.5 Å². The lowest BCUT2D eigenvalue weighted by atomic mass is 10.0. The third kappa shape index (κ3) is 5.08. The van der Waals surface area contributed by atoms with Crippen molar-refractivity contribution < 1.29 is 26.4 Å². The van der Waals surface area contributed by atoms with E-state index >= 15 is 0 Å². The fourth-order valence-corrected chi connectivity index (χ4v) is 3.96. The molecule has 1 fully saturated rings. The molecule has 11 heteroatoms. The van der Waals surface area contributed by atoms with Crippen molar-refractivity contribution >= 4 is 21.7 Å². The van der Waals surface area contributed by atoms with Crippen LogP contribution in [0.4, 0.5) is 19.0 Å². The number of piperidine rings is 1. The van der Waals surface area contributed by atoms with Crippen molar-refractivity contribution in [3.63, 3.8) is 0 Å². The van der Waals surface area contributed by atoms with Crippen LogP contribution in [-0.4, -0.2) is 45.5 Å². The highest BCUT2D eigenvalue weighted by molar-refractivity contribution is 7.89. The van der Waals surface area contributed by atoms with Crippen molar-refractivity contribution in [1.82, 2.24) is 15.0 Å². The number of carbonyl (C=O) groups excluding carboxylic acids is 1. The molecule has 30 heavy (non-hydrogen) atoms. The van der Waals surface area contributed by atoms with Crippen LogP contribution >= 0.6 is 0 Å². The first kappa shape index (κ1) is 22.0. The van der Waals surface area contributed by atoms with E-state index in [4.69, 9.17) is 0 Å². The van der Waals surface area contributed by atoms with Crippen LogP contribution in [-0.2, 0) is 16.2 Å². The Kier molecular flexibility index (Phi) is 6.32. The van der Waals surface area contributed by atoms with Crippen LogP contribution in [0.3, 0.4) is 0 Å². The van der Waals surface area contributed by atoms with Gasteiger partial charge in [0.1, 0.15) is 5.82 Å². The smallest absolute Gasteiger partial charge is 0.356 e. The topological polar surface area (TPSA) is 91.4 Å². The van der Waals surface area contributed by atoms with E-state index in [2.05, 4.69) is 15.0 Å². The van der Waals surface area contributed by atoms with Crippen molar-refractivity contribution in [2.24, 2.45) is 0 Å². The van der Waals surface area contributed by atoms with Gasteiger partial charge in [-0.15, -0.1) is 0 Å². The standard InChI is InChI=1S/C19H21F3N4O3S/c1-23-30(28,29)16-4-2-3-13(11-16)18(27)25-15-7-9-26(10-8-15)17-6-5-14(12-24-17)19(20,21)22/h2-6,11-12,15,23H,7-10H2,1H3,(H,25,27). The SMILES string of the molecule is CNS(=O)(=O)c1cccc(C(=O)NC2CCN(c3ccc(C(F)(F)F)cn3)CC2)c1. The van der Waals surface area contributed by atoms with E-state index in [-0.39, 0.29) is 22.4 Å². The lowest BCUT2D eigenvalue weighted by Crippen LogP contribution is -2.45. The molecular weight excluding hydrogens is 421 g/mol. The van der Waals surface area contributed by atoms with Gasteiger partial charge < -0.3 is 10.2 Å². The second-order valence-electron chi connectivity index (χ2n) is 6.87. The molecule has 0 unspecified atom stereocenters. The summed E-state index contributed by atoms with van der Waals surface area (Å²) in [5.74, 6) is 0.0759. The van der Waals surface area contributed by atoms with E-state index in [1.165, 1.54) is 37.4 Å². The summed E-state index contributed by atoms with van der Waals surface area (Å²) < 4.78 is 64.0. The van der Waals surface area contributed by atoms with Gasteiger partial charge >= 0.3 is 6.18 Å². The zero-order valence-electron chi connectivity index (χ0n) is 16.1. The third-order valence-corrected chi connectivity index (χ3v) is 6.32. The van der Waals surface area contributed by atoms with Gasteiger partial charge in [0.2, 0.25) is 10.0 Å². The third-order valence-electron chi connectivity index (χ3n) is 4.90. The monoisotopic (exact) mass is 442 g/mol. The van der Waals surface area contributed by atoms with Crippen molar-refractivity contribution in [3.05, 3.63) is 53.7 Å². The van der Waals surface area contributed by atoms with Gasteiger partial charge in [-0.3, -0.25) is 4.79 Å². The van der Waals surface area contributed by atoms with E-state index in [0.29, 0.717) is 31.7 Å². The molecule has 7 nitrogen and oxygen atoms in total. The molecule has 0 aliphatic carbocycles. The van der Waals surface area contributed by atoms with Gasteiger partial charge in [-0.25, -0.2) is 18.1 Å². The highest BCUT2D eigenvalue weighted by Gasteiger charge is 2.31. The highest BCUT2D eigenvalue weighted by Crippen LogP contribution is 2.29. The maximum Gasteiger partial charge on any atom is 0.417 e. The molecule has 0 bridgehead atoms. The first-order valence-corrected chi connectivity index (χ1v) is 10.7. The Labute approximate surface area is 172 Å². The van der Waals surface area contributed by atoms with Gasteiger partial charge in [-0.05, 0) is 50.2 Å². The molecule has 1 aliphatic rings. The largest absolute Gasteiger partial charge is 0.417 e. The van der Waals surface area contributed by atoms with Gasteiger partial charge in [0.15, 0.2) is 0 Å². The second kappa shape index (κ2) is 8.60. The lowest BCUT2D eigenvalue weighted by Gasteiger charge is -2.33. The predicted octanol–water partition coefficient (Wildman–Crippen LogP) is 2.41. The minimum atomic E-state index is -4.42. The first-order valence-electron chi connectivity index (χ1n) is 9.23. The number of anilines is 1. The van der Waals surface area contributed by atoms with Gasteiger partial charge in [0.25, 0.3) is 5.91 Å². The van der Waals surface area contributed by atoms with Crippen LogP contribution in [0.25, 0.3) is 0 Å². The molecule has 1 aromatic heterocycles. The number of nitrogens with zero attached hydrogens (tertiary/aromatic N) is 2. The summed E-state index contributed by atoms with van der Waals surface area (Å²) in [6.45, 7) is 1.05. The number of sulfonamides is 1. The predicted molar refractivity (Wildman–Crippen MR) is 105 cm³/mol. The van der Waals surface area contributed by atoms with Gasteiger partial charge in [-0.1, -0.05) is 6.07 Å². The molecule has 1 amide bonds. The summed E-state index contributed by atoms with van der Waals surface area (Å²) in [6.07, 6.45) is -2.44. The normalized spacial score (nSPS) is 15.8. The Morgan fingerprint density at radius 3 is 2.43 bits per heavy atom. The Morgan fingerprint density at radius 1 is 1.17 bits per heavy atom. The number of rotatable bonds is 5. The second-order valence-corrected chi connectivity index (χ2v) is 8.76. The molecular formula is C19H21F3N4O3S. The summed E-state index contributed by atoms with van der Waals surface area (Å²) >= 11 is 0. The number of pyridine rings is 1. The number of nitrogens with one attached hydrogen (secondary N) is 2. The maximum atomic E-state index is 12.7. The number of amides is 1. The molecule has 0 atom stereocenters. The van der Waals surface area contributed by atoms with Gasteiger partial charge in [0.05, 0.1) is 10.5 Å². The molecule has 2 N–H and O–H groups in total. The number of alkyl halides is 3. The van der Waals surface area contributed by atoms with Crippen LogP contribution < -0.4 is 14.9 Å². The van der Waals surface area contributed by atoms with Crippen LogP contribution in [0.2, 0.25) is 0 Å². The number of benzene rings is 1. The Hall–Kier alpha value is -2.66. The van der Waals surface area contributed by atoms with Crippen LogP contribution in [0, 0.1) is 0 Å².